The van der Waals surface area contributed by atoms with E-state index in [9.17, 15) is 14.9 Å². The number of para-hydroxylation sites is 1. The number of nitrogens with zero attached hydrogens (tertiary/aromatic N) is 4. The number of ketones is 1. The molecule has 5 aromatic rings. The van der Waals surface area contributed by atoms with Gasteiger partial charge in [0.15, 0.2) is 17.3 Å². The smallest absolute Gasteiger partial charge is 0.273 e. The first-order chi connectivity index (χ1) is 21.5. The van der Waals surface area contributed by atoms with Crippen molar-refractivity contribution in [1.82, 2.24) is 14.3 Å². The maximum absolute atomic E-state index is 14.2. The number of ether oxygens (including phenoxy) is 2. The second kappa shape index (κ2) is 12.1. The lowest BCUT2D eigenvalue weighted by molar-refractivity contribution is -0.120. The molecule has 6 rings (SSSR count). The Balaban J connectivity index is 1.65. The molecule has 0 aliphatic carbocycles. The zero-order chi connectivity index (χ0) is 31.9. The molecule has 1 aliphatic rings. The van der Waals surface area contributed by atoms with Crippen LogP contribution in [0.25, 0.3) is 34.3 Å². The number of halogens is 2. The normalized spacial score (nSPS) is 13.8. The average Bonchev–Trinajstić information content (AvgIpc) is 3.58. The molecule has 0 N–H and O–H groups in total. The third kappa shape index (κ3) is 5.92. The molecular weight excluding hydrogens is 631 g/mol. The van der Waals surface area contributed by atoms with Crippen LogP contribution in [0.3, 0.4) is 0 Å². The van der Waals surface area contributed by atoms with Gasteiger partial charge in [-0.15, -0.1) is 11.3 Å². The lowest BCUT2D eigenvalue weighted by Crippen LogP contribution is -2.33. The Morgan fingerprint density at radius 2 is 1.76 bits per heavy atom. The Kier molecular flexibility index (Phi) is 8.14. The molecule has 45 heavy (non-hydrogen) atoms. The summed E-state index contributed by atoms with van der Waals surface area (Å²) in [5, 5.41) is 15.7. The highest BCUT2D eigenvalue weighted by atomic mass is 35.5. The molecule has 11 heteroatoms. The molecule has 226 valence electrons. The largest absolute Gasteiger partial charge is 0.486 e. The lowest BCUT2D eigenvalue weighted by atomic mass is 9.87. The molecule has 3 aromatic carbocycles. The quantitative estimate of drug-likeness (QED) is 0.232. The molecule has 0 saturated carbocycles. The van der Waals surface area contributed by atoms with Gasteiger partial charge in [0.2, 0.25) is 0 Å². The maximum Gasteiger partial charge on any atom is 0.273 e. The molecule has 1 aliphatic heterocycles. The van der Waals surface area contributed by atoms with Gasteiger partial charge in [-0.2, -0.15) is 10.4 Å². The molecule has 0 fully saturated rings. The van der Waals surface area contributed by atoms with Gasteiger partial charge in [-0.1, -0.05) is 62.2 Å². The number of hydrogen-bond donors (Lipinski definition) is 0. The topological polar surface area (TPSA) is 99.1 Å². The SMILES string of the molecule is CC(C)(C)C(=O)C(C#N)=c1sc(=Cc2cn(-c3ccccc3)nc2-c2ccc3c(c2)OCCO3)c(=O)n1-c1ccc(Cl)cc1Cl. The Hall–Kier alpha value is -4.62. The van der Waals surface area contributed by atoms with Gasteiger partial charge < -0.3 is 9.47 Å². The summed E-state index contributed by atoms with van der Waals surface area (Å²) >= 11 is 13.8. The summed E-state index contributed by atoms with van der Waals surface area (Å²) in [6.07, 6.45) is 3.54. The van der Waals surface area contributed by atoms with Crippen molar-refractivity contribution in [3.05, 3.63) is 108 Å². The number of benzene rings is 3. The summed E-state index contributed by atoms with van der Waals surface area (Å²) in [7, 11) is 0. The van der Waals surface area contributed by atoms with Crippen molar-refractivity contribution in [3.8, 4) is 40.2 Å². The summed E-state index contributed by atoms with van der Waals surface area (Å²) in [5.74, 6) is 0.850. The van der Waals surface area contributed by atoms with Crippen molar-refractivity contribution in [2.24, 2.45) is 5.41 Å². The number of rotatable bonds is 5. The minimum absolute atomic E-state index is 0.137. The van der Waals surface area contributed by atoms with Gasteiger partial charge in [0.1, 0.15) is 35.2 Å². The third-order valence-corrected chi connectivity index (χ3v) is 8.70. The number of carbonyl (C=O) groups excluding carboxylic acids is 1. The van der Waals surface area contributed by atoms with E-state index in [1.165, 1.54) is 10.6 Å². The van der Waals surface area contributed by atoms with Crippen LogP contribution in [0, 0.1) is 16.7 Å². The average molecular weight is 658 g/mol. The Morgan fingerprint density at radius 1 is 1.02 bits per heavy atom. The van der Waals surface area contributed by atoms with Crippen LogP contribution in [0.15, 0.2) is 77.7 Å². The van der Waals surface area contributed by atoms with Gasteiger partial charge in [0.05, 0.1) is 20.9 Å². The summed E-state index contributed by atoms with van der Waals surface area (Å²) in [5.41, 5.74) is 1.66. The van der Waals surface area contributed by atoms with Crippen LogP contribution in [-0.2, 0) is 4.79 Å². The fourth-order valence-corrected chi connectivity index (χ4v) is 6.44. The molecule has 0 saturated heterocycles. The molecule has 0 radical (unpaired) electrons. The van der Waals surface area contributed by atoms with Crippen LogP contribution >= 0.6 is 34.5 Å². The van der Waals surface area contributed by atoms with E-state index in [2.05, 4.69) is 6.07 Å². The molecule has 8 nitrogen and oxygen atoms in total. The first-order valence-electron chi connectivity index (χ1n) is 14.0. The van der Waals surface area contributed by atoms with Crippen LogP contribution in [0.4, 0.5) is 0 Å². The first kappa shape index (κ1) is 30.4. The van der Waals surface area contributed by atoms with Crippen LogP contribution < -0.4 is 24.2 Å². The van der Waals surface area contributed by atoms with Gasteiger partial charge in [0, 0.05) is 27.8 Å². The second-order valence-corrected chi connectivity index (χ2v) is 13.2. The number of hydrogen-bond acceptors (Lipinski definition) is 7. The number of aromatic nitrogens is 3. The van der Waals surface area contributed by atoms with Crippen molar-refractivity contribution in [2.45, 2.75) is 20.8 Å². The van der Waals surface area contributed by atoms with Crippen LogP contribution in [0.1, 0.15) is 26.3 Å². The summed E-state index contributed by atoms with van der Waals surface area (Å²) in [6.45, 7) is 6.08. The standard InChI is InChI=1S/C34H26Cl2N4O4S/c1-34(2,3)31(41)24(18-37)33-40(26-11-10-22(35)17-25(26)36)32(42)29(45-33)16-21-19-39(23-7-5-4-6-8-23)38-30(21)20-9-12-27-28(15-20)44-14-13-43-27/h4-12,15-17,19H,13-14H2,1-3H3. The molecule has 0 bridgehead atoms. The van der Waals surface area contributed by atoms with Crippen molar-refractivity contribution < 1.29 is 14.3 Å². The summed E-state index contributed by atoms with van der Waals surface area (Å²) in [6, 6.07) is 21.9. The number of Topliss-reactive ketones (excluding diaryl/α,β-unsaturated/α-hetero) is 1. The number of fused-ring (bicyclic) bond motifs is 1. The zero-order valence-electron chi connectivity index (χ0n) is 24.5. The van der Waals surface area contributed by atoms with E-state index in [0.29, 0.717) is 46.7 Å². The fraction of sp³-hybridized carbons (Fsp3) is 0.176. The van der Waals surface area contributed by atoms with E-state index in [1.54, 1.807) is 43.7 Å². The lowest BCUT2D eigenvalue weighted by Gasteiger charge is -2.18. The molecule has 0 atom stereocenters. The minimum atomic E-state index is -0.869. The number of thiazole rings is 1. The van der Waals surface area contributed by atoms with Crippen molar-refractivity contribution >= 4 is 52.0 Å². The fourth-order valence-electron chi connectivity index (χ4n) is 4.86. The van der Waals surface area contributed by atoms with Crippen molar-refractivity contribution in [2.75, 3.05) is 13.2 Å². The monoisotopic (exact) mass is 656 g/mol. The predicted octanol–water partition coefficient (Wildman–Crippen LogP) is 5.95. The number of nitriles is 1. The van der Waals surface area contributed by atoms with Gasteiger partial charge in [0.25, 0.3) is 5.56 Å². The van der Waals surface area contributed by atoms with Gasteiger partial charge in [-0.05, 0) is 54.6 Å². The molecule has 0 spiro atoms. The van der Waals surface area contributed by atoms with Gasteiger partial charge in [-0.25, -0.2) is 4.68 Å². The molecule has 3 heterocycles. The molecule has 2 aromatic heterocycles. The number of carbonyl (C=O) groups is 1. The predicted molar refractivity (Wildman–Crippen MR) is 176 cm³/mol. The van der Waals surface area contributed by atoms with Gasteiger partial charge in [-0.3, -0.25) is 14.2 Å². The Bertz CT molecular complexity index is 2190. The maximum atomic E-state index is 14.2. The van der Waals surface area contributed by atoms with E-state index >= 15 is 0 Å². The van der Waals surface area contributed by atoms with E-state index in [4.69, 9.17) is 37.8 Å². The Morgan fingerprint density at radius 3 is 2.44 bits per heavy atom. The van der Waals surface area contributed by atoms with E-state index in [-0.39, 0.29) is 19.8 Å². The molecular formula is C34H26Cl2N4O4S. The molecule has 0 unspecified atom stereocenters. The highest BCUT2D eigenvalue weighted by Crippen LogP contribution is 2.35. The van der Waals surface area contributed by atoms with E-state index < -0.39 is 16.8 Å². The van der Waals surface area contributed by atoms with Crippen LogP contribution in [-0.4, -0.2) is 33.3 Å². The van der Waals surface area contributed by atoms with Gasteiger partial charge >= 0.3 is 0 Å². The van der Waals surface area contributed by atoms with E-state index in [1.807, 2.05) is 54.7 Å². The van der Waals surface area contributed by atoms with Crippen LogP contribution in [0.5, 0.6) is 11.5 Å². The first-order valence-corrected chi connectivity index (χ1v) is 15.6. The van der Waals surface area contributed by atoms with Crippen molar-refractivity contribution in [1.29, 1.82) is 5.26 Å². The summed E-state index contributed by atoms with van der Waals surface area (Å²) in [4.78, 5) is 27.6. The highest BCUT2D eigenvalue weighted by Gasteiger charge is 2.28. The van der Waals surface area contributed by atoms with Crippen LogP contribution in [0.2, 0.25) is 10.0 Å². The van der Waals surface area contributed by atoms with E-state index in [0.717, 1.165) is 22.6 Å². The third-order valence-electron chi connectivity index (χ3n) is 7.07. The molecule has 0 amide bonds. The minimum Gasteiger partial charge on any atom is -0.486 e. The Labute approximate surface area is 272 Å². The highest BCUT2D eigenvalue weighted by molar-refractivity contribution is 7.07. The van der Waals surface area contributed by atoms with Crippen molar-refractivity contribution in [3.63, 3.8) is 0 Å². The second-order valence-electron chi connectivity index (χ2n) is 11.3. The summed E-state index contributed by atoms with van der Waals surface area (Å²) < 4.78 is 15.0. The zero-order valence-corrected chi connectivity index (χ0v) is 26.8.